The van der Waals surface area contributed by atoms with Crippen molar-refractivity contribution in [3.63, 3.8) is 0 Å². The van der Waals surface area contributed by atoms with Gasteiger partial charge in [0.1, 0.15) is 0 Å². The molecule has 2 aliphatic carbocycles. The summed E-state index contributed by atoms with van der Waals surface area (Å²) in [6.45, 7) is 2.27. The number of hydrogen-bond acceptors (Lipinski definition) is 0. The molecule has 3 unspecified atom stereocenters. The third-order valence-corrected chi connectivity index (χ3v) is 5.01. The third-order valence-electron chi connectivity index (χ3n) is 4.38. The average Bonchev–Trinajstić information content (AvgIpc) is 2.83. The molecule has 92 valence electrons. The topological polar surface area (TPSA) is 0 Å². The van der Waals surface area contributed by atoms with Crippen LogP contribution < -0.4 is 0 Å². The summed E-state index contributed by atoms with van der Waals surface area (Å²) in [7, 11) is 0. The number of rotatable bonds is 7. The molecule has 1 fully saturated rings. The minimum Gasteiger partial charge on any atom is -0.119 e. The summed E-state index contributed by atoms with van der Waals surface area (Å²) in [6.07, 6.45) is 16.9. The van der Waals surface area contributed by atoms with Crippen molar-refractivity contribution in [1.29, 1.82) is 0 Å². The third kappa shape index (κ3) is 2.83. The van der Waals surface area contributed by atoms with Crippen molar-refractivity contribution >= 4 is 11.6 Å². The van der Waals surface area contributed by atoms with Gasteiger partial charge in [0, 0.05) is 0 Å². The summed E-state index contributed by atoms with van der Waals surface area (Å²) in [6, 6.07) is 0. The summed E-state index contributed by atoms with van der Waals surface area (Å²) in [4.78, 5) is 0.143. The second-order valence-corrected chi connectivity index (χ2v) is 6.50. The van der Waals surface area contributed by atoms with Crippen LogP contribution in [0.15, 0.2) is 12.2 Å². The second kappa shape index (κ2) is 5.58. The Bertz CT molecular complexity index is 246. The largest absolute Gasteiger partial charge is 0.119 e. The van der Waals surface area contributed by atoms with Gasteiger partial charge in [-0.1, -0.05) is 57.6 Å². The van der Waals surface area contributed by atoms with E-state index < -0.39 is 0 Å². The first kappa shape index (κ1) is 12.5. The fourth-order valence-electron chi connectivity index (χ4n) is 3.38. The Morgan fingerprint density at radius 1 is 1.12 bits per heavy atom. The van der Waals surface area contributed by atoms with Gasteiger partial charge in [-0.25, -0.2) is 0 Å². The van der Waals surface area contributed by atoms with E-state index in [9.17, 15) is 0 Å². The fourth-order valence-corrected chi connectivity index (χ4v) is 3.88. The van der Waals surface area contributed by atoms with Gasteiger partial charge in [0.15, 0.2) is 0 Å². The lowest BCUT2D eigenvalue weighted by Gasteiger charge is -2.28. The number of alkyl halides is 1. The lowest BCUT2D eigenvalue weighted by Crippen LogP contribution is -2.26. The molecule has 0 aromatic heterocycles. The van der Waals surface area contributed by atoms with Crippen LogP contribution >= 0.6 is 11.6 Å². The minimum atomic E-state index is 0.143. The molecule has 3 atom stereocenters. The number of allylic oxidation sites excluding steroid dienone is 2. The summed E-state index contributed by atoms with van der Waals surface area (Å²) >= 11 is 6.76. The molecule has 0 aliphatic heterocycles. The molecular formula is C15H25Cl. The lowest BCUT2D eigenvalue weighted by molar-refractivity contribution is 0.429. The summed E-state index contributed by atoms with van der Waals surface area (Å²) in [5.74, 6) is 1.50. The molecule has 0 heterocycles. The summed E-state index contributed by atoms with van der Waals surface area (Å²) < 4.78 is 0. The Balaban J connectivity index is 1.61. The lowest BCUT2D eigenvalue weighted by atomic mass is 9.87. The molecule has 0 amide bonds. The quantitative estimate of drug-likeness (QED) is 0.321. The fraction of sp³-hybridized carbons (Fsp3) is 0.867. The molecular weight excluding hydrogens is 216 g/mol. The van der Waals surface area contributed by atoms with Gasteiger partial charge in [0.25, 0.3) is 0 Å². The second-order valence-electron chi connectivity index (χ2n) is 5.74. The molecule has 1 saturated carbocycles. The van der Waals surface area contributed by atoms with Gasteiger partial charge >= 0.3 is 0 Å². The number of halogens is 1. The maximum Gasteiger partial charge on any atom is 0.0515 e. The van der Waals surface area contributed by atoms with Crippen molar-refractivity contribution in [1.82, 2.24) is 0 Å². The van der Waals surface area contributed by atoms with Crippen molar-refractivity contribution in [2.45, 2.75) is 69.6 Å². The first-order chi connectivity index (χ1) is 7.74. The first-order valence-corrected chi connectivity index (χ1v) is 7.49. The SMILES string of the molecule is CCCCCCCCC1(Cl)CC2C=CC1C2. The van der Waals surface area contributed by atoms with Gasteiger partial charge in [0.05, 0.1) is 4.87 Å². The molecule has 0 nitrogen and oxygen atoms in total. The van der Waals surface area contributed by atoms with Crippen molar-refractivity contribution in [2.24, 2.45) is 11.8 Å². The van der Waals surface area contributed by atoms with Crippen molar-refractivity contribution in [2.75, 3.05) is 0 Å². The van der Waals surface area contributed by atoms with Crippen molar-refractivity contribution in [3.05, 3.63) is 12.2 Å². The zero-order chi connectivity index (χ0) is 11.4. The van der Waals surface area contributed by atoms with Gasteiger partial charge < -0.3 is 0 Å². The van der Waals surface area contributed by atoms with Crippen LogP contribution in [0.5, 0.6) is 0 Å². The van der Waals surface area contributed by atoms with E-state index in [2.05, 4.69) is 19.1 Å². The van der Waals surface area contributed by atoms with Crippen molar-refractivity contribution < 1.29 is 0 Å². The van der Waals surface area contributed by atoms with E-state index >= 15 is 0 Å². The molecule has 0 radical (unpaired) electrons. The Labute approximate surface area is 105 Å². The maximum atomic E-state index is 6.76. The van der Waals surface area contributed by atoms with Crippen LogP contribution in [0.25, 0.3) is 0 Å². The highest BCUT2D eigenvalue weighted by atomic mass is 35.5. The van der Waals surface area contributed by atoms with Gasteiger partial charge in [-0.2, -0.15) is 0 Å². The molecule has 2 rings (SSSR count). The van der Waals surface area contributed by atoms with E-state index in [1.165, 1.54) is 57.8 Å². The maximum absolute atomic E-state index is 6.76. The van der Waals surface area contributed by atoms with Crippen LogP contribution in [-0.4, -0.2) is 4.87 Å². The smallest absolute Gasteiger partial charge is 0.0515 e. The number of hydrogen-bond donors (Lipinski definition) is 0. The molecule has 2 bridgehead atoms. The molecule has 0 saturated heterocycles. The monoisotopic (exact) mass is 240 g/mol. The molecule has 0 aromatic carbocycles. The zero-order valence-electron chi connectivity index (χ0n) is 10.6. The van der Waals surface area contributed by atoms with Crippen LogP contribution in [0, 0.1) is 11.8 Å². The van der Waals surface area contributed by atoms with Gasteiger partial charge in [-0.05, 0) is 31.1 Å². The van der Waals surface area contributed by atoms with E-state index in [-0.39, 0.29) is 4.87 Å². The van der Waals surface area contributed by atoms with Crippen LogP contribution in [0.4, 0.5) is 0 Å². The number of unbranched alkanes of at least 4 members (excludes halogenated alkanes) is 5. The summed E-state index contributed by atoms with van der Waals surface area (Å²) in [5.41, 5.74) is 0. The predicted molar refractivity (Wildman–Crippen MR) is 71.9 cm³/mol. The van der Waals surface area contributed by atoms with E-state index in [0.717, 1.165) is 5.92 Å². The molecule has 16 heavy (non-hydrogen) atoms. The van der Waals surface area contributed by atoms with Gasteiger partial charge in [0.2, 0.25) is 0 Å². The zero-order valence-corrected chi connectivity index (χ0v) is 11.3. The molecule has 0 N–H and O–H groups in total. The number of fused-ring (bicyclic) bond motifs is 2. The van der Waals surface area contributed by atoms with E-state index in [1.807, 2.05) is 0 Å². The highest BCUT2D eigenvalue weighted by Crippen LogP contribution is 2.52. The van der Waals surface area contributed by atoms with Crippen LogP contribution in [0.3, 0.4) is 0 Å². The van der Waals surface area contributed by atoms with Gasteiger partial charge in [-0.3, -0.25) is 0 Å². The van der Waals surface area contributed by atoms with Crippen LogP contribution in [0.2, 0.25) is 0 Å². The Morgan fingerprint density at radius 2 is 1.88 bits per heavy atom. The first-order valence-electron chi connectivity index (χ1n) is 7.12. The van der Waals surface area contributed by atoms with Crippen molar-refractivity contribution in [3.8, 4) is 0 Å². The molecule has 2 aliphatic rings. The predicted octanol–water partition coefficient (Wildman–Crippen LogP) is 5.31. The Morgan fingerprint density at radius 3 is 2.50 bits per heavy atom. The van der Waals surface area contributed by atoms with Gasteiger partial charge in [-0.15, -0.1) is 11.6 Å². The van der Waals surface area contributed by atoms with E-state index in [0.29, 0.717) is 5.92 Å². The molecule has 1 heteroatoms. The molecule has 0 spiro atoms. The summed E-state index contributed by atoms with van der Waals surface area (Å²) in [5, 5.41) is 0. The molecule has 0 aromatic rings. The van der Waals surface area contributed by atoms with E-state index in [4.69, 9.17) is 11.6 Å². The normalized spacial score (nSPS) is 36.1. The van der Waals surface area contributed by atoms with Crippen LogP contribution in [-0.2, 0) is 0 Å². The highest BCUT2D eigenvalue weighted by molar-refractivity contribution is 6.24. The minimum absolute atomic E-state index is 0.143. The van der Waals surface area contributed by atoms with E-state index in [1.54, 1.807) is 0 Å². The highest BCUT2D eigenvalue weighted by Gasteiger charge is 2.46. The van der Waals surface area contributed by atoms with Crippen LogP contribution in [0.1, 0.15) is 64.7 Å². The Hall–Kier alpha value is 0.0300. The average molecular weight is 241 g/mol. The Kier molecular flexibility index (Phi) is 4.35. The standard InChI is InChI=1S/C15H25Cl/c1-2-3-4-5-6-7-10-15(16)12-13-8-9-14(15)11-13/h8-9,13-14H,2-7,10-12H2,1H3.